The molecule has 8 heteroatoms. The quantitative estimate of drug-likeness (QED) is 0.496. The monoisotopic (exact) mass is 470 g/mol. The van der Waals surface area contributed by atoms with Crippen molar-refractivity contribution in [2.45, 2.75) is 6.92 Å². The summed E-state index contributed by atoms with van der Waals surface area (Å²) in [4.78, 5) is 11.8. The Morgan fingerprint density at radius 3 is 2.68 bits per heavy atom. The molecule has 132 valence electrons. The highest BCUT2D eigenvalue weighted by atomic mass is 79.9. The molecule has 0 bridgehead atoms. The van der Waals surface area contributed by atoms with Crippen LogP contribution in [0.3, 0.4) is 0 Å². The van der Waals surface area contributed by atoms with Gasteiger partial charge in [0.15, 0.2) is 18.1 Å². The van der Waals surface area contributed by atoms with Crippen molar-refractivity contribution in [3.8, 4) is 17.2 Å². The van der Waals surface area contributed by atoms with Gasteiger partial charge in [-0.1, -0.05) is 6.07 Å². The molecule has 0 heterocycles. The van der Waals surface area contributed by atoms with E-state index in [2.05, 4.69) is 42.4 Å². The number of benzene rings is 2. The number of methoxy groups -OCH3 is 1. The molecule has 0 aliphatic heterocycles. The molecule has 2 aromatic carbocycles. The maximum absolute atomic E-state index is 11.8. The second-order valence-corrected chi connectivity index (χ2v) is 6.78. The van der Waals surface area contributed by atoms with Crippen LogP contribution in [0.4, 0.5) is 0 Å². The number of carbonyl (C=O) groups is 1. The molecule has 6 nitrogen and oxygen atoms in total. The lowest BCUT2D eigenvalue weighted by Crippen LogP contribution is -2.24. The molecule has 0 saturated heterocycles. The fourth-order valence-electron chi connectivity index (χ4n) is 1.90. The molecule has 0 aliphatic carbocycles. The van der Waals surface area contributed by atoms with E-state index in [9.17, 15) is 9.90 Å². The van der Waals surface area contributed by atoms with Gasteiger partial charge in [0.05, 0.1) is 22.3 Å². The van der Waals surface area contributed by atoms with Crippen LogP contribution < -0.4 is 14.9 Å². The first-order valence-electron chi connectivity index (χ1n) is 7.18. The zero-order valence-electron chi connectivity index (χ0n) is 13.5. The van der Waals surface area contributed by atoms with Crippen molar-refractivity contribution in [2.24, 2.45) is 5.10 Å². The number of nitrogens with one attached hydrogen (secondary N) is 1. The number of rotatable bonds is 6. The molecule has 0 atom stereocenters. The van der Waals surface area contributed by atoms with Crippen LogP contribution in [0.2, 0.25) is 0 Å². The molecule has 2 aromatic rings. The second kappa shape index (κ2) is 8.87. The van der Waals surface area contributed by atoms with Crippen LogP contribution in [-0.2, 0) is 4.79 Å². The van der Waals surface area contributed by atoms with Crippen LogP contribution >= 0.6 is 31.9 Å². The number of phenolic OH excluding ortho intramolecular Hbond substituents is 1. The summed E-state index contributed by atoms with van der Waals surface area (Å²) in [6, 6.07) is 8.83. The first-order chi connectivity index (χ1) is 11.9. The fourth-order valence-corrected chi connectivity index (χ4v) is 2.97. The number of aromatic hydroxyl groups is 1. The molecule has 0 aromatic heterocycles. The Morgan fingerprint density at radius 1 is 1.24 bits per heavy atom. The number of hydrogen-bond acceptors (Lipinski definition) is 5. The van der Waals surface area contributed by atoms with Gasteiger partial charge in [-0.15, -0.1) is 0 Å². The standard InChI is InChI=1S/C17H16Br2N2O4/c1-10-3-4-14(12(18)5-10)25-9-16(22)21-20-8-11-6-13(19)17(23)15(7-11)24-2/h3-8,23H,9H2,1-2H3,(H,21,22)/b20-8-. The van der Waals surface area contributed by atoms with E-state index in [0.717, 1.165) is 10.0 Å². The lowest BCUT2D eigenvalue weighted by atomic mass is 10.2. The van der Waals surface area contributed by atoms with E-state index in [1.54, 1.807) is 18.2 Å². The maximum Gasteiger partial charge on any atom is 0.277 e. The van der Waals surface area contributed by atoms with Gasteiger partial charge in [-0.05, 0) is 74.2 Å². The van der Waals surface area contributed by atoms with Crippen molar-refractivity contribution in [3.05, 3.63) is 50.4 Å². The minimum Gasteiger partial charge on any atom is -0.503 e. The number of nitrogens with zero attached hydrogens (tertiary/aromatic N) is 1. The van der Waals surface area contributed by atoms with E-state index in [1.165, 1.54) is 13.3 Å². The Kier molecular flexibility index (Phi) is 6.83. The number of phenols is 1. The first-order valence-corrected chi connectivity index (χ1v) is 8.76. The molecule has 0 fully saturated rings. The minimum atomic E-state index is -0.395. The lowest BCUT2D eigenvalue weighted by molar-refractivity contribution is -0.123. The van der Waals surface area contributed by atoms with Gasteiger partial charge >= 0.3 is 0 Å². The van der Waals surface area contributed by atoms with Gasteiger partial charge in [-0.2, -0.15) is 5.10 Å². The van der Waals surface area contributed by atoms with Crippen molar-refractivity contribution in [2.75, 3.05) is 13.7 Å². The van der Waals surface area contributed by atoms with Gasteiger partial charge in [0.2, 0.25) is 0 Å². The highest BCUT2D eigenvalue weighted by Gasteiger charge is 2.08. The van der Waals surface area contributed by atoms with Crippen molar-refractivity contribution < 1.29 is 19.4 Å². The average Bonchev–Trinajstić information content (AvgIpc) is 2.57. The average molecular weight is 472 g/mol. The predicted octanol–water partition coefficient (Wildman–Crippen LogP) is 3.76. The van der Waals surface area contributed by atoms with Gasteiger partial charge in [0.1, 0.15) is 5.75 Å². The molecule has 0 spiro atoms. The number of ether oxygens (including phenoxy) is 2. The van der Waals surface area contributed by atoms with Gasteiger partial charge in [-0.25, -0.2) is 5.43 Å². The highest BCUT2D eigenvalue weighted by Crippen LogP contribution is 2.34. The summed E-state index contributed by atoms with van der Waals surface area (Å²) in [6.07, 6.45) is 1.44. The number of hydrogen-bond donors (Lipinski definition) is 2. The summed E-state index contributed by atoms with van der Waals surface area (Å²) in [7, 11) is 1.45. The topological polar surface area (TPSA) is 80.2 Å². The maximum atomic E-state index is 11.8. The van der Waals surface area contributed by atoms with Crippen molar-refractivity contribution in [3.63, 3.8) is 0 Å². The minimum absolute atomic E-state index is 0.000704. The molecule has 0 saturated carbocycles. The van der Waals surface area contributed by atoms with Gasteiger partial charge < -0.3 is 14.6 Å². The lowest BCUT2D eigenvalue weighted by Gasteiger charge is -2.08. The van der Waals surface area contributed by atoms with E-state index >= 15 is 0 Å². The molecule has 2 N–H and O–H groups in total. The van der Waals surface area contributed by atoms with E-state index in [0.29, 0.717) is 21.5 Å². The molecular formula is C17H16Br2N2O4. The normalized spacial score (nSPS) is 10.7. The molecule has 0 aliphatic rings. The summed E-state index contributed by atoms with van der Waals surface area (Å²) < 4.78 is 11.7. The molecule has 1 amide bonds. The first kappa shape index (κ1) is 19.3. The Morgan fingerprint density at radius 2 is 2.00 bits per heavy atom. The summed E-state index contributed by atoms with van der Waals surface area (Å²) in [5.74, 6) is 0.487. The molecule has 0 unspecified atom stereocenters. The molecule has 2 rings (SSSR count). The molecule has 25 heavy (non-hydrogen) atoms. The SMILES string of the molecule is COc1cc(/C=N\NC(=O)COc2ccc(C)cc2Br)cc(Br)c1O. The third-order valence-corrected chi connectivity index (χ3v) is 4.34. The zero-order valence-corrected chi connectivity index (χ0v) is 16.7. The van der Waals surface area contributed by atoms with Crippen LogP contribution in [0, 0.1) is 6.92 Å². The van der Waals surface area contributed by atoms with Crippen LogP contribution in [0.5, 0.6) is 17.2 Å². The van der Waals surface area contributed by atoms with Crippen molar-refractivity contribution in [1.82, 2.24) is 5.43 Å². The van der Waals surface area contributed by atoms with Crippen molar-refractivity contribution in [1.29, 1.82) is 0 Å². The number of hydrazone groups is 1. The van der Waals surface area contributed by atoms with Crippen molar-refractivity contribution >= 4 is 44.0 Å². The number of carbonyl (C=O) groups excluding carboxylic acids is 1. The van der Waals surface area contributed by atoms with Crippen LogP contribution in [0.1, 0.15) is 11.1 Å². The van der Waals surface area contributed by atoms with E-state index in [4.69, 9.17) is 9.47 Å². The predicted molar refractivity (Wildman–Crippen MR) is 102 cm³/mol. The number of aryl methyl sites for hydroxylation is 1. The largest absolute Gasteiger partial charge is 0.503 e. The number of halogens is 2. The third kappa shape index (κ3) is 5.47. The molecule has 0 radical (unpaired) electrons. The summed E-state index contributed by atoms with van der Waals surface area (Å²) in [6.45, 7) is 1.80. The Bertz CT molecular complexity index is 809. The Labute approximate surface area is 162 Å². The van der Waals surface area contributed by atoms with Gasteiger partial charge in [0.25, 0.3) is 5.91 Å². The highest BCUT2D eigenvalue weighted by molar-refractivity contribution is 9.10. The van der Waals surface area contributed by atoms with Gasteiger partial charge in [0, 0.05) is 0 Å². The van der Waals surface area contributed by atoms with Crippen LogP contribution in [-0.4, -0.2) is 30.9 Å². The second-order valence-electron chi connectivity index (χ2n) is 5.07. The van der Waals surface area contributed by atoms with Gasteiger partial charge in [-0.3, -0.25) is 4.79 Å². The molecular weight excluding hydrogens is 456 g/mol. The fraction of sp³-hybridized carbons (Fsp3) is 0.176. The smallest absolute Gasteiger partial charge is 0.277 e. The van der Waals surface area contributed by atoms with E-state index < -0.39 is 5.91 Å². The zero-order chi connectivity index (χ0) is 18.4. The number of amides is 1. The summed E-state index contributed by atoms with van der Waals surface area (Å²) in [5.41, 5.74) is 4.10. The third-order valence-electron chi connectivity index (χ3n) is 3.12. The Balaban J connectivity index is 1.91. The van der Waals surface area contributed by atoms with Crippen LogP contribution in [0.25, 0.3) is 0 Å². The van der Waals surface area contributed by atoms with Crippen LogP contribution in [0.15, 0.2) is 44.4 Å². The Hall–Kier alpha value is -2.06. The summed E-state index contributed by atoms with van der Waals surface area (Å²) >= 11 is 6.60. The van der Waals surface area contributed by atoms with E-state index in [-0.39, 0.29) is 12.4 Å². The summed E-state index contributed by atoms with van der Waals surface area (Å²) in [5, 5.41) is 13.6. The van der Waals surface area contributed by atoms with E-state index in [1.807, 2.05) is 19.1 Å².